The molecule has 2 aromatic carbocycles. The Hall–Kier alpha value is -0.797. The maximum atomic E-state index is 5.83. The van der Waals surface area contributed by atoms with Crippen molar-refractivity contribution < 1.29 is 18.3 Å². The van der Waals surface area contributed by atoms with Gasteiger partial charge in [0, 0.05) is 5.69 Å². The molecule has 0 radical (unpaired) electrons. The van der Waals surface area contributed by atoms with Crippen molar-refractivity contribution in [2.75, 3.05) is 4.90 Å². The van der Waals surface area contributed by atoms with Gasteiger partial charge in [-0.05, 0) is 56.3 Å². The van der Waals surface area contributed by atoms with Gasteiger partial charge in [0.25, 0.3) is 0 Å². The van der Waals surface area contributed by atoms with Gasteiger partial charge >= 0.3 is 97.8 Å². The Morgan fingerprint density at radius 1 is 1.03 bits per heavy atom. The maximum Gasteiger partial charge on any atom is 0.0178 e. The Kier molecular flexibility index (Phi) is 9.95. The molecule has 0 aromatic heterocycles. The van der Waals surface area contributed by atoms with Gasteiger partial charge < -0.3 is 4.90 Å². The summed E-state index contributed by atoms with van der Waals surface area (Å²) >= 11 is 0.0602. The summed E-state index contributed by atoms with van der Waals surface area (Å²) in [6, 6.07) is 12.4. The minimum absolute atomic E-state index is 0.288. The summed E-state index contributed by atoms with van der Waals surface area (Å²) in [7, 11) is 11.7. The molecule has 0 unspecified atom stereocenters. The van der Waals surface area contributed by atoms with E-state index < -0.39 is 13.5 Å². The Morgan fingerprint density at radius 2 is 1.63 bits per heavy atom. The summed E-state index contributed by atoms with van der Waals surface area (Å²) in [5, 5.41) is 0. The second kappa shape index (κ2) is 11.7. The van der Waals surface area contributed by atoms with Crippen LogP contribution in [0.4, 0.5) is 5.69 Å². The first-order chi connectivity index (χ1) is 14.1. The number of benzene rings is 2. The van der Waals surface area contributed by atoms with Crippen LogP contribution in [-0.4, -0.2) is 15.5 Å². The van der Waals surface area contributed by atoms with Gasteiger partial charge in [0.05, 0.1) is 0 Å². The van der Waals surface area contributed by atoms with Gasteiger partial charge in [-0.2, -0.15) is 5.88 Å². The van der Waals surface area contributed by atoms with E-state index in [9.17, 15) is 0 Å². The van der Waals surface area contributed by atoms with E-state index in [0.29, 0.717) is 0 Å². The monoisotopic (exact) mass is 553 g/mol. The van der Waals surface area contributed by atoms with Gasteiger partial charge in [0.2, 0.25) is 0 Å². The molecule has 0 amide bonds. The van der Waals surface area contributed by atoms with Crippen molar-refractivity contribution in [2.45, 2.75) is 54.6 Å². The van der Waals surface area contributed by atoms with Crippen molar-refractivity contribution in [3.63, 3.8) is 0 Å². The third-order valence-corrected chi connectivity index (χ3v) is 7.40. The van der Waals surface area contributed by atoms with Gasteiger partial charge in [-0.15, -0.1) is 0 Å². The first-order valence-electron chi connectivity index (χ1n) is 9.77. The van der Waals surface area contributed by atoms with Gasteiger partial charge in [-0.25, -0.2) is 0 Å². The molecule has 6 heteroatoms. The van der Waals surface area contributed by atoms with Crippen molar-refractivity contribution >= 4 is 41.4 Å². The third kappa shape index (κ3) is 7.12. The first kappa shape index (κ1) is 25.5. The zero-order valence-electron chi connectivity index (χ0n) is 18.6. The molecule has 30 heavy (non-hydrogen) atoms. The Morgan fingerprint density at radius 3 is 2.13 bits per heavy atom. The molecule has 1 N–H and O–H groups in total. The molecule has 0 saturated heterocycles. The van der Waals surface area contributed by atoms with Gasteiger partial charge in [-0.3, -0.25) is 11.8 Å². The fraction of sp³-hybridized carbons (Fsp3) is 0.333. The summed E-state index contributed by atoms with van der Waals surface area (Å²) in [5.41, 5.74) is 7.77. The van der Waals surface area contributed by atoms with Crippen LogP contribution in [-0.2, 0) is 13.5 Å². The normalized spacial score (nSPS) is 13.9. The van der Waals surface area contributed by atoms with E-state index >= 15 is 0 Å². The van der Waals surface area contributed by atoms with Gasteiger partial charge in [0.15, 0.2) is 0 Å². The molecule has 1 heterocycles. The molecule has 0 saturated carbocycles. The molecule has 2 aromatic rings. The number of aliphatic hydroxyl groups is 1. The summed E-state index contributed by atoms with van der Waals surface area (Å²) in [4.78, 5) is 3.70. The summed E-state index contributed by atoms with van der Waals surface area (Å²) in [6.45, 7) is 15.0. The van der Waals surface area contributed by atoms with Crippen LogP contribution in [0.3, 0.4) is 0 Å². The third-order valence-electron chi connectivity index (χ3n) is 4.60. The van der Waals surface area contributed by atoms with Gasteiger partial charge in [-0.1, -0.05) is 17.7 Å². The van der Waals surface area contributed by atoms with Crippen LogP contribution in [0.25, 0.3) is 0 Å². The molecule has 2 nitrogen and oxygen atoms in total. The predicted molar refractivity (Wildman–Crippen MR) is 134 cm³/mol. The second-order valence-corrected chi connectivity index (χ2v) is 14.4. The number of thioether (sulfide) groups is 1. The number of ether oxygens (including phenoxy) is 1. The summed E-state index contributed by atoms with van der Waals surface area (Å²) in [5.74, 6) is 3.18. The largest absolute Gasteiger partial charge is 0.487 e. The molecule has 0 atom stereocenters. The van der Waals surface area contributed by atoms with Crippen molar-refractivity contribution in [2.24, 2.45) is 0 Å². The quantitative estimate of drug-likeness (QED) is 0.217. The number of allylic oxidation sites excluding steroid dienone is 2. The number of halogens is 2. The molecule has 0 spiro atoms. The molecule has 0 aliphatic carbocycles. The average molecular weight is 554 g/mol. The van der Waals surface area contributed by atoms with E-state index in [1.807, 2.05) is 54.5 Å². The van der Waals surface area contributed by atoms with Crippen LogP contribution in [0.2, 0.25) is 0 Å². The van der Waals surface area contributed by atoms with Crippen LogP contribution in [0, 0.1) is 26.6 Å². The number of hydrogen-bond acceptors (Lipinski definition) is 2. The standard InChI is InChI=1S/C14H18NS.C10H12O.2ClH.Ru/c1-9-6-10(2)14(11(3)7-9)15-8-16-13(5)12(15)4;1-8(2)11-10-7-5-4-6-9(10)3;;;/h6-8H,1-5H3;3-8H,1-2H3;2*1H;/q-1;;;;+2/p-1. The maximum absolute atomic E-state index is 5.83. The molecular weight excluding hydrogens is 522 g/mol. The number of anilines is 1. The van der Waals surface area contributed by atoms with E-state index in [1.165, 1.54) is 33.0 Å². The molecule has 1 aliphatic heterocycles. The van der Waals surface area contributed by atoms with Crippen LogP contribution in [0.1, 0.15) is 49.9 Å². The van der Waals surface area contributed by atoms with Crippen LogP contribution >= 0.6 is 31.1 Å². The molecule has 1 aliphatic rings. The summed E-state index contributed by atoms with van der Waals surface area (Å²) < 4.78 is 6.41. The number of para-hydroxylation sites is 1. The fourth-order valence-electron chi connectivity index (χ4n) is 3.29. The number of nitrogens with zero attached hydrogens (tertiary/aromatic N) is 1. The molecule has 0 bridgehead atoms. The summed E-state index contributed by atoms with van der Waals surface area (Å²) in [6.07, 6.45) is 0.288. The second-order valence-electron chi connectivity index (χ2n) is 7.57. The Bertz CT molecular complexity index is 929. The van der Waals surface area contributed by atoms with Crippen molar-refractivity contribution in [3.05, 3.63) is 75.1 Å². The minimum atomic E-state index is -1.75. The number of rotatable bonds is 4. The number of aryl methyl sites for hydroxylation is 3. The van der Waals surface area contributed by atoms with E-state index in [1.54, 1.807) is 0 Å². The molecule has 166 valence electrons. The van der Waals surface area contributed by atoms with E-state index in [4.69, 9.17) is 19.4 Å². The van der Waals surface area contributed by atoms with Crippen LogP contribution < -0.4 is 4.90 Å². The zero-order chi connectivity index (χ0) is 22.4. The van der Waals surface area contributed by atoms with Crippen molar-refractivity contribution in [3.8, 4) is 5.75 Å². The van der Waals surface area contributed by atoms with E-state index in [2.05, 4.69) is 62.3 Å². The minimum Gasteiger partial charge on any atom is -0.487 e. The molecular formula is C24H31Cl2NORuS. The van der Waals surface area contributed by atoms with E-state index in [0.717, 1.165) is 11.3 Å². The SMILES string of the molecule is CC(C)[OH+]c1ccccc1[CH]=[Ru]([Cl])[Cl].CC1=C(C)N(c2c(C)cc(C)cc2C)[CH-]S1. The Labute approximate surface area is 199 Å². The molecule has 3 rings (SSSR count). The van der Waals surface area contributed by atoms with E-state index in [-0.39, 0.29) is 6.10 Å². The van der Waals surface area contributed by atoms with Gasteiger partial charge in [0.1, 0.15) is 0 Å². The van der Waals surface area contributed by atoms with Crippen molar-refractivity contribution in [1.82, 2.24) is 0 Å². The van der Waals surface area contributed by atoms with Crippen LogP contribution in [0.5, 0.6) is 5.75 Å². The topological polar surface area (TPSA) is 16.0 Å². The first-order valence-corrected chi connectivity index (χ1v) is 16.1. The number of aromatic hydroxyl groups is 1. The fourth-order valence-corrected chi connectivity index (χ4v) is 5.90. The average Bonchev–Trinajstić information content (AvgIpc) is 2.95. The Balaban J connectivity index is 0.000000216. The predicted octanol–water partition coefficient (Wildman–Crippen LogP) is 7.95. The zero-order valence-corrected chi connectivity index (χ0v) is 22.7. The smallest absolute Gasteiger partial charge is 0.0178 e. The van der Waals surface area contributed by atoms with Crippen molar-refractivity contribution in [1.29, 1.82) is 0 Å². The molecule has 0 fully saturated rings. The van der Waals surface area contributed by atoms with Crippen LogP contribution in [0.15, 0.2) is 47.0 Å². The number of hydrogen-bond donors (Lipinski definition) is 0.